The van der Waals surface area contributed by atoms with E-state index in [0.29, 0.717) is 33.8 Å². The van der Waals surface area contributed by atoms with E-state index in [0.717, 1.165) is 0 Å². The molecule has 0 radical (unpaired) electrons. The molecule has 0 bridgehead atoms. The second-order valence-corrected chi connectivity index (χ2v) is 11.4. The van der Waals surface area contributed by atoms with Crippen LogP contribution in [0, 0.1) is 6.92 Å². The third-order valence-electron chi connectivity index (χ3n) is 6.08. The molecule has 0 spiro atoms. The van der Waals surface area contributed by atoms with E-state index in [4.69, 9.17) is 28.3 Å². The highest BCUT2D eigenvalue weighted by Gasteiger charge is 2.29. The lowest BCUT2D eigenvalue weighted by Gasteiger charge is -2.10. The van der Waals surface area contributed by atoms with E-state index < -0.39 is 27.5 Å². The van der Waals surface area contributed by atoms with Gasteiger partial charge in [0.05, 0.1) is 16.2 Å². The standard InChI is InChI=1S/C26H22Cl2N2O6S/c1-13-25(14(2)31)16(7-9-24(32)33)23(29-13)11-18-17-10-15(6-8-22(17)30-26(18)34)37(35,36)12-19-20(27)4-3-5-21(19)28/h3-6,8,10-11,29H,7,9,12H2,1-2H3,(H,30,34)(H,32,33). The van der Waals surface area contributed by atoms with Gasteiger partial charge in [0.25, 0.3) is 5.91 Å². The molecule has 0 atom stereocenters. The van der Waals surface area contributed by atoms with Crippen LogP contribution in [0.1, 0.15) is 51.8 Å². The Morgan fingerprint density at radius 3 is 2.38 bits per heavy atom. The van der Waals surface area contributed by atoms with Crippen molar-refractivity contribution in [2.75, 3.05) is 5.32 Å². The fourth-order valence-corrected chi connectivity index (χ4v) is 6.50. The molecule has 1 aliphatic heterocycles. The highest BCUT2D eigenvalue weighted by Crippen LogP contribution is 2.37. The molecule has 37 heavy (non-hydrogen) atoms. The number of hydrogen-bond donors (Lipinski definition) is 3. The van der Waals surface area contributed by atoms with Gasteiger partial charge in [-0.05, 0) is 62.2 Å². The number of Topliss-reactive ketones (excluding diaryl/α,β-unsaturated/α-hetero) is 1. The lowest BCUT2D eigenvalue weighted by Crippen LogP contribution is -2.06. The minimum absolute atomic E-state index is 0.0252. The van der Waals surface area contributed by atoms with Gasteiger partial charge in [0.1, 0.15) is 0 Å². The molecule has 0 saturated carbocycles. The summed E-state index contributed by atoms with van der Waals surface area (Å²) >= 11 is 12.3. The Morgan fingerprint density at radius 2 is 1.76 bits per heavy atom. The average Bonchev–Trinajstić information content (AvgIpc) is 3.30. The van der Waals surface area contributed by atoms with Gasteiger partial charge in [-0.25, -0.2) is 8.42 Å². The van der Waals surface area contributed by atoms with Gasteiger partial charge in [-0.3, -0.25) is 14.4 Å². The molecule has 11 heteroatoms. The highest BCUT2D eigenvalue weighted by atomic mass is 35.5. The molecular formula is C26H22Cl2N2O6S. The molecule has 0 unspecified atom stereocenters. The van der Waals surface area contributed by atoms with Crippen LogP contribution in [0.3, 0.4) is 0 Å². The number of rotatable bonds is 8. The number of benzene rings is 2. The maximum atomic E-state index is 13.2. The molecule has 1 aromatic heterocycles. The van der Waals surface area contributed by atoms with Crippen LogP contribution < -0.4 is 5.32 Å². The first-order chi connectivity index (χ1) is 17.4. The third kappa shape index (κ3) is 5.34. The summed E-state index contributed by atoms with van der Waals surface area (Å²) in [6.07, 6.45) is 1.39. The molecule has 3 aromatic rings. The molecule has 0 aliphatic carbocycles. The summed E-state index contributed by atoms with van der Waals surface area (Å²) < 4.78 is 26.5. The zero-order valence-electron chi connectivity index (χ0n) is 19.8. The molecule has 1 amide bonds. The van der Waals surface area contributed by atoms with E-state index >= 15 is 0 Å². The summed E-state index contributed by atoms with van der Waals surface area (Å²) in [5.74, 6) is -2.15. The van der Waals surface area contributed by atoms with Crippen molar-refractivity contribution in [1.82, 2.24) is 4.98 Å². The Kier molecular flexibility index (Phi) is 7.32. The number of fused-ring (bicyclic) bond motifs is 1. The van der Waals surface area contributed by atoms with Crippen molar-refractivity contribution >= 4 is 68.0 Å². The first-order valence-electron chi connectivity index (χ1n) is 11.2. The number of halogens is 2. The number of carboxylic acid groups (broad SMARTS) is 1. The van der Waals surface area contributed by atoms with Crippen LogP contribution in [0.5, 0.6) is 0 Å². The first-order valence-corrected chi connectivity index (χ1v) is 13.6. The van der Waals surface area contributed by atoms with Crippen molar-refractivity contribution in [3.8, 4) is 0 Å². The molecule has 192 valence electrons. The molecule has 2 aromatic carbocycles. The Bertz CT molecular complexity index is 1580. The Labute approximate surface area is 223 Å². The van der Waals surface area contributed by atoms with Gasteiger partial charge in [0.15, 0.2) is 15.6 Å². The minimum atomic E-state index is -3.89. The number of nitrogens with one attached hydrogen (secondary N) is 2. The van der Waals surface area contributed by atoms with Crippen LogP contribution in [0.4, 0.5) is 5.69 Å². The fraction of sp³-hybridized carbons (Fsp3) is 0.192. The van der Waals surface area contributed by atoms with E-state index in [9.17, 15) is 22.8 Å². The zero-order valence-corrected chi connectivity index (χ0v) is 22.1. The zero-order chi connectivity index (χ0) is 27.1. The number of anilines is 1. The van der Waals surface area contributed by atoms with Crippen LogP contribution in [0.15, 0.2) is 41.3 Å². The molecule has 1 aliphatic rings. The number of aliphatic carboxylic acids is 1. The summed E-state index contributed by atoms with van der Waals surface area (Å²) in [6.45, 7) is 3.08. The number of aryl methyl sites for hydroxylation is 1. The maximum absolute atomic E-state index is 13.2. The molecule has 2 heterocycles. The van der Waals surface area contributed by atoms with Crippen LogP contribution >= 0.6 is 23.2 Å². The van der Waals surface area contributed by atoms with Crippen LogP contribution in [-0.2, 0) is 31.6 Å². The second-order valence-electron chi connectivity index (χ2n) is 8.65. The van der Waals surface area contributed by atoms with Crippen molar-refractivity contribution in [3.05, 3.63) is 80.1 Å². The monoisotopic (exact) mass is 560 g/mol. The van der Waals surface area contributed by atoms with Gasteiger partial charge >= 0.3 is 5.97 Å². The van der Waals surface area contributed by atoms with Gasteiger partial charge in [-0.1, -0.05) is 29.3 Å². The Balaban J connectivity index is 1.78. The van der Waals surface area contributed by atoms with Crippen LogP contribution in [0.25, 0.3) is 11.6 Å². The number of hydrogen-bond acceptors (Lipinski definition) is 5. The molecular weight excluding hydrogens is 539 g/mol. The molecule has 0 saturated heterocycles. The van der Waals surface area contributed by atoms with Gasteiger partial charge in [-0.15, -0.1) is 0 Å². The van der Waals surface area contributed by atoms with E-state index in [1.807, 2.05) is 0 Å². The lowest BCUT2D eigenvalue weighted by atomic mass is 9.98. The number of aromatic nitrogens is 1. The number of carbonyl (C=O) groups excluding carboxylic acids is 2. The summed E-state index contributed by atoms with van der Waals surface area (Å²) in [7, 11) is -3.89. The number of aromatic amines is 1. The van der Waals surface area contributed by atoms with Gasteiger partial charge < -0.3 is 15.4 Å². The number of carbonyl (C=O) groups is 3. The molecule has 0 fully saturated rings. The van der Waals surface area contributed by atoms with Crippen molar-refractivity contribution in [2.24, 2.45) is 0 Å². The summed E-state index contributed by atoms with van der Waals surface area (Å²) in [5.41, 5.74) is 3.06. The molecule has 8 nitrogen and oxygen atoms in total. The smallest absolute Gasteiger partial charge is 0.303 e. The number of ketones is 1. The van der Waals surface area contributed by atoms with Gasteiger partial charge in [-0.2, -0.15) is 0 Å². The summed E-state index contributed by atoms with van der Waals surface area (Å²) in [5, 5.41) is 12.3. The topological polar surface area (TPSA) is 133 Å². The predicted octanol–water partition coefficient (Wildman–Crippen LogP) is 5.32. The van der Waals surface area contributed by atoms with Crippen molar-refractivity contribution < 1.29 is 27.9 Å². The second kappa shape index (κ2) is 10.2. The predicted molar refractivity (Wildman–Crippen MR) is 142 cm³/mol. The third-order valence-corrected chi connectivity index (χ3v) is 8.43. The lowest BCUT2D eigenvalue weighted by molar-refractivity contribution is -0.137. The Morgan fingerprint density at radius 1 is 1.08 bits per heavy atom. The van der Waals surface area contributed by atoms with Crippen LogP contribution in [-0.4, -0.2) is 36.2 Å². The summed E-state index contributed by atoms with van der Waals surface area (Å²) in [6, 6.07) is 9.03. The largest absolute Gasteiger partial charge is 0.481 e. The SMILES string of the molecule is CC(=O)c1c(C)[nH]c(C=C2C(=O)Nc3ccc(S(=O)(=O)Cc4c(Cl)cccc4Cl)cc32)c1CCC(=O)O. The Hall–Kier alpha value is -3.40. The van der Waals surface area contributed by atoms with Crippen molar-refractivity contribution in [2.45, 2.75) is 37.3 Å². The fourth-order valence-electron chi connectivity index (χ4n) is 4.38. The number of carboxylic acids is 1. The van der Waals surface area contributed by atoms with Gasteiger partial charge in [0, 0.05) is 50.2 Å². The number of sulfone groups is 1. The quantitative estimate of drug-likeness (QED) is 0.252. The first kappa shape index (κ1) is 26.7. The van der Waals surface area contributed by atoms with E-state index in [1.165, 1.54) is 31.2 Å². The minimum Gasteiger partial charge on any atom is -0.481 e. The normalized spacial score (nSPS) is 14.1. The summed E-state index contributed by atoms with van der Waals surface area (Å²) in [4.78, 5) is 39.3. The van der Waals surface area contributed by atoms with Crippen molar-refractivity contribution in [3.63, 3.8) is 0 Å². The molecule has 3 N–H and O–H groups in total. The number of H-pyrrole nitrogens is 1. The van der Waals surface area contributed by atoms with Gasteiger partial charge in [0.2, 0.25) is 0 Å². The maximum Gasteiger partial charge on any atom is 0.303 e. The van der Waals surface area contributed by atoms with E-state index in [2.05, 4.69) is 10.3 Å². The van der Waals surface area contributed by atoms with Crippen molar-refractivity contribution in [1.29, 1.82) is 0 Å². The molecule has 4 rings (SSSR count). The average molecular weight is 561 g/mol. The van der Waals surface area contributed by atoms with E-state index in [-0.39, 0.29) is 44.7 Å². The number of amides is 1. The van der Waals surface area contributed by atoms with E-state index in [1.54, 1.807) is 25.1 Å². The van der Waals surface area contributed by atoms with Crippen LogP contribution in [0.2, 0.25) is 10.0 Å². The highest BCUT2D eigenvalue weighted by molar-refractivity contribution is 7.90.